The Morgan fingerprint density at radius 2 is 1.69 bits per heavy atom. The fraction of sp³-hybridized carbons (Fsp3) is 0.125. The number of benzene rings is 3. The first-order chi connectivity index (χ1) is 15.5. The lowest BCUT2D eigenvalue weighted by Crippen LogP contribution is -2.31. The number of amides is 1. The number of fused-ring (bicyclic) bond motifs is 1. The molecule has 7 nitrogen and oxygen atoms in total. The maximum atomic E-state index is 12.4. The Balaban J connectivity index is 1.36. The molecule has 4 rings (SSSR count). The lowest BCUT2D eigenvalue weighted by atomic mass is 10.2. The summed E-state index contributed by atoms with van der Waals surface area (Å²) in [4.78, 5) is 38.8. The molecule has 0 fully saturated rings. The summed E-state index contributed by atoms with van der Waals surface area (Å²) in [5.41, 5.74) is 1.01. The second-order valence-corrected chi connectivity index (χ2v) is 7.54. The highest BCUT2D eigenvalue weighted by Crippen LogP contribution is 2.20. The summed E-state index contributed by atoms with van der Waals surface area (Å²) < 4.78 is 7.13. The molecule has 0 aliphatic carbocycles. The number of nitrogens with zero attached hydrogens (tertiary/aromatic N) is 1. The van der Waals surface area contributed by atoms with Crippen molar-refractivity contribution in [3.63, 3.8) is 0 Å². The maximum Gasteiger partial charge on any atom is 0.328 e. The van der Waals surface area contributed by atoms with Gasteiger partial charge in [0.15, 0.2) is 0 Å². The molecule has 0 aliphatic rings. The topological polar surface area (TPSA) is 93.2 Å². The average Bonchev–Trinajstić information content (AvgIpc) is 2.79. The number of hydrogen-bond acceptors (Lipinski definition) is 4. The standard InChI is InChI=1S/C24H20ClN3O4/c25-20-7-3-1-5-16(20)15-32-18-11-9-17(10-12-18)26-22(29)13-14-28-21-8-4-2-6-19(21)23(30)27-24(28)31/h1-12H,13-15H2,(H,26,29)(H,27,30,31). The number of aryl methyl sites for hydroxylation is 1. The summed E-state index contributed by atoms with van der Waals surface area (Å²) in [7, 11) is 0. The van der Waals surface area contributed by atoms with Crippen LogP contribution in [0.5, 0.6) is 5.75 Å². The van der Waals surface area contributed by atoms with Crippen LogP contribution in [0.4, 0.5) is 5.69 Å². The Morgan fingerprint density at radius 3 is 2.47 bits per heavy atom. The van der Waals surface area contributed by atoms with E-state index >= 15 is 0 Å². The predicted octanol–water partition coefficient (Wildman–Crippen LogP) is 3.95. The normalized spacial score (nSPS) is 10.8. The highest BCUT2D eigenvalue weighted by atomic mass is 35.5. The number of ether oxygens (including phenoxy) is 1. The second kappa shape index (κ2) is 9.53. The van der Waals surface area contributed by atoms with Crippen molar-refractivity contribution in [2.45, 2.75) is 19.6 Å². The van der Waals surface area contributed by atoms with Gasteiger partial charge in [-0.2, -0.15) is 0 Å². The van der Waals surface area contributed by atoms with Gasteiger partial charge in [-0.15, -0.1) is 0 Å². The van der Waals surface area contributed by atoms with Gasteiger partial charge >= 0.3 is 5.69 Å². The molecule has 1 aromatic heterocycles. The molecule has 0 saturated carbocycles. The molecule has 1 heterocycles. The fourth-order valence-corrected chi connectivity index (χ4v) is 3.50. The molecule has 2 N–H and O–H groups in total. The van der Waals surface area contributed by atoms with Gasteiger partial charge in [0.25, 0.3) is 5.56 Å². The van der Waals surface area contributed by atoms with Crippen molar-refractivity contribution >= 4 is 34.1 Å². The van der Waals surface area contributed by atoms with Crippen molar-refractivity contribution in [3.8, 4) is 5.75 Å². The van der Waals surface area contributed by atoms with Crippen molar-refractivity contribution in [2.75, 3.05) is 5.32 Å². The quantitative estimate of drug-likeness (QED) is 0.446. The third-order valence-corrected chi connectivity index (χ3v) is 5.33. The molecule has 8 heteroatoms. The van der Waals surface area contributed by atoms with Crippen LogP contribution in [-0.2, 0) is 17.9 Å². The number of hydrogen-bond donors (Lipinski definition) is 2. The highest BCUT2D eigenvalue weighted by Gasteiger charge is 2.09. The Kier molecular flexibility index (Phi) is 6.37. The van der Waals surface area contributed by atoms with Crippen LogP contribution in [0.3, 0.4) is 0 Å². The maximum absolute atomic E-state index is 12.4. The lowest BCUT2D eigenvalue weighted by Gasteiger charge is -2.11. The van der Waals surface area contributed by atoms with Crippen LogP contribution in [0.25, 0.3) is 10.9 Å². The van der Waals surface area contributed by atoms with E-state index in [2.05, 4.69) is 10.3 Å². The average molecular weight is 450 g/mol. The van der Waals surface area contributed by atoms with Crippen molar-refractivity contribution in [3.05, 3.63) is 104 Å². The molecule has 0 atom stereocenters. The highest BCUT2D eigenvalue weighted by molar-refractivity contribution is 6.31. The van der Waals surface area contributed by atoms with Gasteiger partial charge in [-0.1, -0.05) is 41.9 Å². The van der Waals surface area contributed by atoms with Crippen LogP contribution in [0.15, 0.2) is 82.4 Å². The molecule has 0 unspecified atom stereocenters. The third-order valence-electron chi connectivity index (χ3n) is 4.96. The summed E-state index contributed by atoms with van der Waals surface area (Å²) in [6, 6.07) is 21.2. The Morgan fingerprint density at radius 1 is 0.969 bits per heavy atom. The van der Waals surface area contributed by atoms with E-state index in [4.69, 9.17) is 16.3 Å². The zero-order chi connectivity index (χ0) is 22.5. The van der Waals surface area contributed by atoms with Crippen molar-refractivity contribution in [2.24, 2.45) is 0 Å². The van der Waals surface area contributed by atoms with Crippen LogP contribution in [0, 0.1) is 0 Å². The number of anilines is 1. The number of para-hydroxylation sites is 1. The minimum absolute atomic E-state index is 0.0701. The Bertz CT molecular complexity index is 1380. The molecular weight excluding hydrogens is 430 g/mol. The first kappa shape index (κ1) is 21.4. The number of H-pyrrole nitrogens is 1. The van der Waals surface area contributed by atoms with E-state index in [1.165, 1.54) is 4.57 Å². The number of carbonyl (C=O) groups is 1. The molecule has 0 saturated heterocycles. The van der Waals surface area contributed by atoms with Gasteiger partial charge in [0.1, 0.15) is 12.4 Å². The first-order valence-corrected chi connectivity index (χ1v) is 10.4. The van der Waals surface area contributed by atoms with Gasteiger partial charge < -0.3 is 10.1 Å². The molecule has 0 radical (unpaired) electrons. The summed E-state index contributed by atoms with van der Waals surface area (Å²) in [6.45, 7) is 0.480. The number of nitrogens with one attached hydrogen (secondary N) is 2. The van der Waals surface area contributed by atoms with Gasteiger partial charge in [0.05, 0.1) is 10.9 Å². The molecule has 4 aromatic rings. The van der Waals surface area contributed by atoms with Gasteiger partial charge in [0, 0.05) is 29.2 Å². The van der Waals surface area contributed by atoms with Crippen LogP contribution in [0.2, 0.25) is 5.02 Å². The van der Waals surface area contributed by atoms with E-state index in [0.717, 1.165) is 5.56 Å². The number of aromatic nitrogens is 2. The van der Waals surface area contributed by atoms with Crippen molar-refractivity contribution in [1.29, 1.82) is 0 Å². The zero-order valence-electron chi connectivity index (χ0n) is 17.0. The van der Waals surface area contributed by atoms with E-state index in [1.54, 1.807) is 48.5 Å². The van der Waals surface area contributed by atoms with E-state index < -0.39 is 11.2 Å². The van der Waals surface area contributed by atoms with Crippen LogP contribution >= 0.6 is 11.6 Å². The van der Waals surface area contributed by atoms with Crippen molar-refractivity contribution in [1.82, 2.24) is 9.55 Å². The Labute approximate surface area is 188 Å². The van der Waals surface area contributed by atoms with Gasteiger partial charge in [-0.25, -0.2) is 4.79 Å². The zero-order valence-corrected chi connectivity index (χ0v) is 17.8. The molecule has 0 spiro atoms. The van der Waals surface area contributed by atoms with Crippen LogP contribution < -0.4 is 21.3 Å². The Hall–Kier alpha value is -3.84. The second-order valence-electron chi connectivity index (χ2n) is 7.13. The van der Waals surface area contributed by atoms with E-state index in [1.807, 2.05) is 24.3 Å². The number of carbonyl (C=O) groups excluding carboxylic acids is 1. The van der Waals surface area contributed by atoms with Crippen LogP contribution in [0.1, 0.15) is 12.0 Å². The molecule has 0 aliphatic heterocycles. The third kappa shape index (κ3) is 4.90. The number of halogens is 1. The summed E-state index contributed by atoms with van der Waals surface area (Å²) in [6.07, 6.45) is 0.0701. The first-order valence-electron chi connectivity index (χ1n) is 9.99. The van der Waals surface area contributed by atoms with Gasteiger partial charge in [-0.3, -0.25) is 19.1 Å². The minimum Gasteiger partial charge on any atom is -0.489 e. The van der Waals surface area contributed by atoms with Crippen LogP contribution in [-0.4, -0.2) is 15.5 Å². The summed E-state index contributed by atoms with van der Waals surface area (Å²) >= 11 is 6.13. The molecule has 32 heavy (non-hydrogen) atoms. The molecule has 3 aromatic carbocycles. The van der Waals surface area contributed by atoms with E-state index in [-0.39, 0.29) is 18.9 Å². The molecule has 0 bridgehead atoms. The largest absolute Gasteiger partial charge is 0.489 e. The smallest absolute Gasteiger partial charge is 0.328 e. The van der Waals surface area contributed by atoms with E-state index in [0.29, 0.717) is 34.0 Å². The SMILES string of the molecule is O=C(CCn1c(=O)[nH]c(=O)c2ccccc21)Nc1ccc(OCc2ccccc2Cl)cc1. The van der Waals surface area contributed by atoms with Gasteiger partial charge in [-0.05, 0) is 42.5 Å². The van der Waals surface area contributed by atoms with Gasteiger partial charge in [0.2, 0.25) is 5.91 Å². The number of rotatable bonds is 7. The molecule has 1 amide bonds. The molecular formula is C24H20ClN3O4. The number of aromatic amines is 1. The minimum atomic E-state index is -0.540. The summed E-state index contributed by atoms with van der Waals surface area (Å²) in [5.74, 6) is 0.395. The monoisotopic (exact) mass is 449 g/mol. The summed E-state index contributed by atoms with van der Waals surface area (Å²) in [5, 5.41) is 3.85. The van der Waals surface area contributed by atoms with Crippen molar-refractivity contribution < 1.29 is 9.53 Å². The van der Waals surface area contributed by atoms with E-state index in [9.17, 15) is 14.4 Å². The fourth-order valence-electron chi connectivity index (χ4n) is 3.31. The predicted molar refractivity (Wildman–Crippen MR) is 124 cm³/mol. The lowest BCUT2D eigenvalue weighted by molar-refractivity contribution is -0.116. The molecule has 162 valence electrons.